The van der Waals surface area contributed by atoms with Gasteiger partial charge in [-0.05, 0) is 78.4 Å². The minimum Gasteiger partial charge on any atom is -0.423 e. The zero-order valence-corrected chi connectivity index (χ0v) is 22.3. The quantitative estimate of drug-likeness (QED) is 0.127. The van der Waals surface area contributed by atoms with Gasteiger partial charge in [-0.1, -0.05) is 52.3 Å². The van der Waals surface area contributed by atoms with E-state index in [0.29, 0.717) is 22.6 Å². The number of hydrazone groups is 1. The van der Waals surface area contributed by atoms with Crippen molar-refractivity contribution in [3.63, 3.8) is 0 Å². The number of halogens is 1. The number of sulfonamides is 1. The number of ether oxygens (including phenoxy) is 1. The van der Waals surface area contributed by atoms with Gasteiger partial charge in [-0.2, -0.15) is 5.10 Å². The molecule has 10 heteroatoms. The summed E-state index contributed by atoms with van der Waals surface area (Å²) in [4.78, 5) is 24.9. The van der Waals surface area contributed by atoms with E-state index in [2.05, 4.69) is 26.5 Å². The number of rotatable bonds is 9. The zero-order chi connectivity index (χ0) is 27.0. The Morgan fingerprint density at radius 1 is 0.842 bits per heavy atom. The summed E-state index contributed by atoms with van der Waals surface area (Å²) in [5, 5.41) is 3.93. The van der Waals surface area contributed by atoms with Gasteiger partial charge in [0, 0.05) is 4.47 Å². The van der Waals surface area contributed by atoms with E-state index in [-0.39, 0.29) is 4.90 Å². The minimum atomic E-state index is -4.01. The van der Waals surface area contributed by atoms with Gasteiger partial charge in [-0.15, -0.1) is 0 Å². The van der Waals surface area contributed by atoms with Crippen molar-refractivity contribution >= 4 is 49.7 Å². The molecule has 0 heterocycles. The Bertz CT molecular complexity index is 1530. The average Bonchev–Trinajstić information content (AvgIpc) is 2.94. The van der Waals surface area contributed by atoms with Crippen LogP contribution in [0.5, 0.6) is 5.75 Å². The minimum absolute atomic E-state index is 0.0623. The molecule has 0 aromatic heterocycles. The van der Waals surface area contributed by atoms with Crippen molar-refractivity contribution in [2.75, 3.05) is 10.8 Å². The van der Waals surface area contributed by atoms with Crippen molar-refractivity contribution in [2.24, 2.45) is 5.10 Å². The Hall–Kier alpha value is -4.28. The standard InChI is InChI=1S/C28H22BrN3O5S/c29-23-13-15-24(16-14-23)32(38(35,36)26-9-5-2-6-10-26)20-27(33)31-30-19-21-11-17-25(18-12-21)37-28(34)22-7-3-1-4-8-22/h1-19H,20H2,(H,31,33)/b30-19-. The molecule has 0 spiro atoms. The first-order valence-electron chi connectivity index (χ1n) is 11.4. The molecule has 0 aliphatic carbocycles. The highest BCUT2D eigenvalue weighted by molar-refractivity contribution is 9.10. The maximum atomic E-state index is 13.3. The van der Waals surface area contributed by atoms with Gasteiger partial charge in [0.05, 0.1) is 22.4 Å². The highest BCUT2D eigenvalue weighted by Gasteiger charge is 2.27. The number of nitrogens with zero attached hydrogens (tertiary/aromatic N) is 2. The second kappa shape index (κ2) is 12.3. The van der Waals surface area contributed by atoms with E-state index in [1.54, 1.807) is 91.0 Å². The van der Waals surface area contributed by atoms with Gasteiger partial charge < -0.3 is 4.74 Å². The average molecular weight is 592 g/mol. The summed E-state index contributed by atoms with van der Waals surface area (Å²) in [7, 11) is -4.01. The number of amides is 1. The van der Waals surface area contributed by atoms with E-state index in [1.165, 1.54) is 18.3 Å². The summed E-state index contributed by atoms with van der Waals surface area (Å²) < 4.78 is 33.8. The summed E-state index contributed by atoms with van der Waals surface area (Å²) in [5.41, 5.74) is 3.76. The Balaban J connectivity index is 1.41. The smallest absolute Gasteiger partial charge is 0.343 e. The van der Waals surface area contributed by atoms with Gasteiger partial charge in [0.25, 0.3) is 15.9 Å². The maximum absolute atomic E-state index is 13.3. The zero-order valence-electron chi connectivity index (χ0n) is 19.9. The van der Waals surface area contributed by atoms with Crippen molar-refractivity contribution in [1.82, 2.24) is 5.43 Å². The third kappa shape index (κ3) is 6.93. The van der Waals surface area contributed by atoms with Crippen molar-refractivity contribution in [1.29, 1.82) is 0 Å². The van der Waals surface area contributed by atoms with Crippen molar-refractivity contribution < 1.29 is 22.7 Å². The molecule has 192 valence electrons. The van der Waals surface area contributed by atoms with Gasteiger partial charge in [0.1, 0.15) is 12.3 Å². The molecule has 4 aromatic rings. The van der Waals surface area contributed by atoms with E-state index < -0.39 is 28.4 Å². The Kier molecular flexibility index (Phi) is 8.67. The second-order valence-corrected chi connectivity index (χ2v) is 10.7. The molecule has 0 unspecified atom stereocenters. The maximum Gasteiger partial charge on any atom is 0.343 e. The predicted octanol–water partition coefficient (Wildman–Crippen LogP) is 5.01. The Morgan fingerprint density at radius 3 is 2.08 bits per heavy atom. The van der Waals surface area contributed by atoms with Crippen molar-refractivity contribution in [3.05, 3.63) is 125 Å². The predicted molar refractivity (Wildman–Crippen MR) is 149 cm³/mol. The first kappa shape index (κ1) is 26.8. The van der Waals surface area contributed by atoms with Crippen LogP contribution in [-0.2, 0) is 14.8 Å². The summed E-state index contributed by atoms with van der Waals surface area (Å²) in [6, 6.07) is 29.6. The van der Waals surface area contributed by atoms with E-state index in [9.17, 15) is 18.0 Å². The van der Waals surface area contributed by atoms with Crippen LogP contribution in [0.1, 0.15) is 15.9 Å². The van der Waals surface area contributed by atoms with Crippen LogP contribution in [-0.4, -0.2) is 33.1 Å². The van der Waals surface area contributed by atoms with E-state index in [0.717, 1.165) is 8.78 Å². The fourth-order valence-corrected chi connectivity index (χ4v) is 5.06. The number of hydrogen-bond donors (Lipinski definition) is 1. The van der Waals surface area contributed by atoms with Gasteiger partial charge in [-0.3, -0.25) is 9.10 Å². The molecule has 8 nitrogen and oxygen atoms in total. The topological polar surface area (TPSA) is 105 Å². The summed E-state index contributed by atoms with van der Waals surface area (Å²) in [6.07, 6.45) is 1.40. The van der Waals surface area contributed by atoms with Gasteiger partial charge in [-0.25, -0.2) is 18.6 Å². The molecule has 38 heavy (non-hydrogen) atoms. The number of esters is 1. The molecule has 0 fully saturated rings. The fourth-order valence-electron chi connectivity index (χ4n) is 3.35. The molecular formula is C28H22BrN3O5S. The molecule has 4 rings (SSSR count). The third-order valence-corrected chi connectivity index (χ3v) is 7.55. The lowest BCUT2D eigenvalue weighted by molar-refractivity contribution is -0.119. The number of anilines is 1. The molecule has 1 amide bonds. The van der Waals surface area contributed by atoms with Crippen LogP contribution in [0.4, 0.5) is 5.69 Å². The summed E-state index contributed by atoms with van der Waals surface area (Å²) in [5.74, 6) is -0.742. The monoisotopic (exact) mass is 591 g/mol. The summed E-state index contributed by atoms with van der Waals surface area (Å²) in [6.45, 7) is -0.482. The summed E-state index contributed by atoms with van der Waals surface area (Å²) >= 11 is 3.33. The van der Waals surface area contributed by atoms with Crippen LogP contribution in [0, 0.1) is 0 Å². The molecule has 0 saturated carbocycles. The number of carbonyl (C=O) groups excluding carboxylic acids is 2. The van der Waals surface area contributed by atoms with Gasteiger partial charge in [0.2, 0.25) is 0 Å². The Morgan fingerprint density at radius 2 is 1.45 bits per heavy atom. The highest BCUT2D eigenvalue weighted by atomic mass is 79.9. The first-order valence-corrected chi connectivity index (χ1v) is 13.6. The Labute approximate surface area is 228 Å². The van der Waals surface area contributed by atoms with Crippen molar-refractivity contribution in [2.45, 2.75) is 4.90 Å². The largest absolute Gasteiger partial charge is 0.423 e. The molecule has 0 aliphatic rings. The normalized spacial score (nSPS) is 11.2. The first-order chi connectivity index (χ1) is 18.3. The third-order valence-electron chi connectivity index (χ3n) is 5.24. The number of hydrogen-bond acceptors (Lipinski definition) is 6. The van der Waals surface area contributed by atoms with Crippen LogP contribution >= 0.6 is 15.9 Å². The van der Waals surface area contributed by atoms with E-state index in [1.807, 2.05) is 6.07 Å². The molecule has 0 saturated heterocycles. The molecule has 4 aromatic carbocycles. The lowest BCUT2D eigenvalue weighted by Crippen LogP contribution is -2.39. The SMILES string of the molecule is O=C(CN(c1ccc(Br)cc1)S(=O)(=O)c1ccccc1)N/N=C\c1ccc(OC(=O)c2ccccc2)cc1. The number of benzene rings is 4. The van der Waals surface area contributed by atoms with Crippen molar-refractivity contribution in [3.8, 4) is 5.75 Å². The molecule has 0 atom stereocenters. The molecular weight excluding hydrogens is 570 g/mol. The second-order valence-electron chi connectivity index (χ2n) is 7.92. The molecule has 0 bridgehead atoms. The van der Waals surface area contributed by atoms with Gasteiger partial charge in [0.15, 0.2) is 0 Å². The highest BCUT2D eigenvalue weighted by Crippen LogP contribution is 2.25. The molecule has 0 aliphatic heterocycles. The number of carbonyl (C=O) groups is 2. The number of nitrogens with one attached hydrogen (secondary N) is 1. The lowest BCUT2D eigenvalue weighted by Gasteiger charge is -2.23. The van der Waals surface area contributed by atoms with Crippen LogP contribution in [0.3, 0.4) is 0 Å². The van der Waals surface area contributed by atoms with E-state index >= 15 is 0 Å². The van der Waals surface area contributed by atoms with Crippen LogP contribution in [0.2, 0.25) is 0 Å². The van der Waals surface area contributed by atoms with Crippen LogP contribution in [0.15, 0.2) is 124 Å². The van der Waals surface area contributed by atoms with Gasteiger partial charge >= 0.3 is 5.97 Å². The fraction of sp³-hybridized carbons (Fsp3) is 0.0357. The lowest BCUT2D eigenvalue weighted by atomic mass is 10.2. The molecule has 1 N–H and O–H groups in total. The van der Waals surface area contributed by atoms with E-state index in [4.69, 9.17) is 4.74 Å². The van der Waals surface area contributed by atoms with Crippen LogP contribution in [0.25, 0.3) is 0 Å². The molecule has 0 radical (unpaired) electrons. The van der Waals surface area contributed by atoms with Crippen LogP contribution < -0.4 is 14.5 Å².